The quantitative estimate of drug-likeness (QED) is 0.218. The van der Waals surface area contributed by atoms with E-state index in [9.17, 15) is 0 Å². The van der Waals surface area contributed by atoms with Gasteiger partial charge >= 0.3 is 0 Å². The Kier molecular flexibility index (Phi) is 5.07. The molecule has 6 aromatic carbocycles. The molecule has 0 unspecified atom stereocenters. The molecule has 0 aliphatic rings. The Morgan fingerprint density at radius 2 is 1.21 bits per heavy atom. The maximum absolute atomic E-state index is 6.37. The normalized spacial score (nSPS) is 11.8. The fourth-order valence-corrected chi connectivity index (χ4v) is 7.20. The summed E-state index contributed by atoms with van der Waals surface area (Å²) in [4.78, 5) is 10.2. The molecule has 0 aliphatic carbocycles. The predicted octanol–water partition coefficient (Wildman–Crippen LogP) is 10.9. The third-order valence-corrected chi connectivity index (χ3v) is 9.25. The Bertz CT molecular complexity index is 2470. The van der Waals surface area contributed by atoms with Gasteiger partial charge in [-0.15, -0.1) is 11.3 Å². The Labute approximate surface area is 245 Å². The van der Waals surface area contributed by atoms with E-state index in [0.29, 0.717) is 5.82 Å². The summed E-state index contributed by atoms with van der Waals surface area (Å²) in [5.74, 6) is 0.692. The maximum Gasteiger partial charge on any atom is 0.161 e. The van der Waals surface area contributed by atoms with Gasteiger partial charge in [0.05, 0.1) is 11.2 Å². The van der Waals surface area contributed by atoms with E-state index in [-0.39, 0.29) is 0 Å². The molecule has 4 heteroatoms. The van der Waals surface area contributed by atoms with Gasteiger partial charge in [-0.2, -0.15) is 0 Å². The van der Waals surface area contributed by atoms with E-state index < -0.39 is 0 Å². The Balaban J connectivity index is 1.27. The molecule has 0 amide bonds. The van der Waals surface area contributed by atoms with Gasteiger partial charge in [0, 0.05) is 47.5 Å². The van der Waals surface area contributed by atoms with E-state index in [1.54, 1.807) is 0 Å². The average Bonchev–Trinajstić information content (AvgIpc) is 3.62. The summed E-state index contributed by atoms with van der Waals surface area (Å²) in [7, 11) is 0. The van der Waals surface area contributed by atoms with Crippen LogP contribution in [-0.2, 0) is 0 Å². The van der Waals surface area contributed by atoms with Crippen LogP contribution >= 0.6 is 11.3 Å². The lowest BCUT2D eigenvalue weighted by atomic mass is 9.99. The van der Waals surface area contributed by atoms with Crippen LogP contribution in [0.4, 0.5) is 0 Å². The first-order chi connectivity index (χ1) is 20.8. The van der Waals surface area contributed by atoms with Crippen molar-refractivity contribution in [2.45, 2.75) is 0 Å². The van der Waals surface area contributed by atoms with Crippen molar-refractivity contribution in [3.05, 3.63) is 133 Å². The molecule has 0 saturated carbocycles. The minimum Gasteiger partial charge on any atom is -0.456 e. The number of thiophene rings is 1. The topological polar surface area (TPSA) is 38.9 Å². The van der Waals surface area contributed by atoms with Crippen LogP contribution in [0.25, 0.3) is 86.8 Å². The van der Waals surface area contributed by atoms with Gasteiger partial charge in [-0.05, 0) is 53.6 Å². The summed E-state index contributed by atoms with van der Waals surface area (Å²) >= 11 is 1.84. The van der Waals surface area contributed by atoms with Crippen molar-refractivity contribution in [3.8, 4) is 33.8 Å². The Morgan fingerprint density at radius 1 is 0.476 bits per heavy atom. The van der Waals surface area contributed by atoms with Crippen LogP contribution in [0.1, 0.15) is 0 Å². The molecule has 3 nitrogen and oxygen atoms in total. The number of hydrogen-bond donors (Lipinski definition) is 0. The molecule has 196 valence electrons. The van der Waals surface area contributed by atoms with Gasteiger partial charge in [-0.3, -0.25) is 0 Å². The first-order valence-electron chi connectivity index (χ1n) is 14.0. The molecule has 0 spiro atoms. The van der Waals surface area contributed by atoms with Gasteiger partial charge in [0.2, 0.25) is 0 Å². The highest BCUT2D eigenvalue weighted by atomic mass is 32.1. The van der Waals surface area contributed by atoms with Crippen molar-refractivity contribution in [3.63, 3.8) is 0 Å². The highest BCUT2D eigenvalue weighted by Crippen LogP contribution is 2.40. The number of nitrogens with zero attached hydrogens (tertiary/aromatic N) is 2. The lowest BCUT2D eigenvalue weighted by Gasteiger charge is -2.10. The highest BCUT2D eigenvalue weighted by molar-refractivity contribution is 7.25. The molecule has 3 aromatic heterocycles. The van der Waals surface area contributed by atoms with E-state index in [2.05, 4.69) is 91.0 Å². The third-order valence-electron chi connectivity index (χ3n) is 8.10. The molecule has 0 aliphatic heterocycles. The number of hydrogen-bond acceptors (Lipinski definition) is 4. The van der Waals surface area contributed by atoms with Crippen LogP contribution in [0.2, 0.25) is 0 Å². The average molecular weight is 555 g/mol. The molecular formula is C38H22N2OS. The lowest BCUT2D eigenvalue weighted by molar-refractivity contribution is 0.669. The van der Waals surface area contributed by atoms with Gasteiger partial charge < -0.3 is 4.42 Å². The lowest BCUT2D eigenvalue weighted by Crippen LogP contribution is -1.95. The van der Waals surface area contributed by atoms with Gasteiger partial charge in [0.15, 0.2) is 5.82 Å². The number of benzene rings is 6. The van der Waals surface area contributed by atoms with Gasteiger partial charge in [-0.1, -0.05) is 91.0 Å². The third kappa shape index (κ3) is 3.59. The minimum atomic E-state index is 0.692. The molecule has 9 rings (SSSR count). The molecule has 0 fully saturated rings. The molecule has 0 N–H and O–H groups in total. The van der Waals surface area contributed by atoms with Gasteiger partial charge in [0.25, 0.3) is 0 Å². The van der Waals surface area contributed by atoms with Crippen molar-refractivity contribution in [1.29, 1.82) is 0 Å². The SMILES string of the molecule is c1ccc(-c2nc(-c3cccc4oc5ccc(-c6ccc7sc8ccccc8c7c6)cc5c34)nc3ccccc23)cc1. The number of rotatable bonds is 3. The summed E-state index contributed by atoms with van der Waals surface area (Å²) in [6.07, 6.45) is 0. The zero-order chi connectivity index (χ0) is 27.6. The van der Waals surface area contributed by atoms with Crippen molar-refractivity contribution in [1.82, 2.24) is 9.97 Å². The first-order valence-corrected chi connectivity index (χ1v) is 14.8. The summed E-state index contributed by atoms with van der Waals surface area (Å²) in [5.41, 5.74) is 7.91. The molecule has 9 aromatic rings. The second-order valence-corrected chi connectivity index (χ2v) is 11.7. The van der Waals surface area contributed by atoms with Crippen LogP contribution in [0.5, 0.6) is 0 Å². The van der Waals surface area contributed by atoms with Crippen LogP contribution in [0.15, 0.2) is 138 Å². The summed E-state index contributed by atoms with van der Waals surface area (Å²) in [5, 5.41) is 5.73. The van der Waals surface area contributed by atoms with Gasteiger partial charge in [0.1, 0.15) is 11.2 Å². The fourth-order valence-electron chi connectivity index (χ4n) is 6.11. The second-order valence-electron chi connectivity index (χ2n) is 10.6. The number of aromatic nitrogens is 2. The maximum atomic E-state index is 6.37. The second kappa shape index (κ2) is 9.10. The number of para-hydroxylation sites is 1. The molecule has 42 heavy (non-hydrogen) atoms. The predicted molar refractivity (Wildman–Crippen MR) is 176 cm³/mol. The minimum absolute atomic E-state index is 0.692. The van der Waals surface area contributed by atoms with Crippen molar-refractivity contribution < 1.29 is 4.42 Å². The molecular weight excluding hydrogens is 532 g/mol. The molecule has 0 bridgehead atoms. The molecule has 0 radical (unpaired) electrons. The van der Waals surface area contributed by atoms with Gasteiger partial charge in [-0.25, -0.2) is 9.97 Å². The standard InChI is InChI=1S/C38H22N2OS/c1-2-9-23(10-3-1)37-27-12-4-6-14-31(27)39-38(40-37)28-13-8-15-33-36(28)30-22-24(17-19-32(30)41-33)25-18-20-35-29(21-25)26-11-5-7-16-34(26)42-35/h1-22H. The smallest absolute Gasteiger partial charge is 0.161 e. The summed E-state index contributed by atoms with van der Waals surface area (Å²) in [6, 6.07) is 46.6. The molecule has 0 saturated heterocycles. The van der Waals surface area contributed by atoms with Crippen LogP contribution in [-0.4, -0.2) is 9.97 Å². The van der Waals surface area contributed by atoms with E-state index in [4.69, 9.17) is 14.4 Å². The highest BCUT2D eigenvalue weighted by Gasteiger charge is 2.18. The largest absolute Gasteiger partial charge is 0.456 e. The fraction of sp³-hybridized carbons (Fsp3) is 0. The van der Waals surface area contributed by atoms with Crippen LogP contribution in [0.3, 0.4) is 0 Å². The summed E-state index contributed by atoms with van der Waals surface area (Å²) in [6.45, 7) is 0. The zero-order valence-electron chi connectivity index (χ0n) is 22.4. The summed E-state index contributed by atoms with van der Waals surface area (Å²) < 4.78 is 8.99. The van der Waals surface area contributed by atoms with Crippen molar-refractivity contribution in [2.24, 2.45) is 0 Å². The Morgan fingerprint density at radius 3 is 2.12 bits per heavy atom. The van der Waals surface area contributed by atoms with Crippen molar-refractivity contribution in [2.75, 3.05) is 0 Å². The van der Waals surface area contributed by atoms with E-state index in [0.717, 1.165) is 55.2 Å². The molecule has 3 heterocycles. The van der Waals surface area contributed by atoms with Crippen LogP contribution < -0.4 is 0 Å². The number of furan rings is 1. The monoisotopic (exact) mass is 554 g/mol. The first kappa shape index (κ1) is 23.4. The zero-order valence-corrected chi connectivity index (χ0v) is 23.2. The van der Waals surface area contributed by atoms with E-state index >= 15 is 0 Å². The Hall–Kier alpha value is -5.32. The van der Waals surface area contributed by atoms with Crippen LogP contribution in [0, 0.1) is 0 Å². The van der Waals surface area contributed by atoms with E-state index in [1.165, 1.54) is 25.7 Å². The van der Waals surface area contributed by atoms with Crippen molar-refractivity contribution >= 4 is 64.4 Å². The van der Waals surface area contributed by atoms with E-state index in [1.807, 2.05) is 53.8 Å². The molecule has 0 atom stereocenters. The number of fused-ring (bicyclic) bond motifs is 7.